The lowest BCUT2D eigenvalue weighted by Crippen LogP contribution is -2.28. The largest absolute Gasteiger partial charge is 0.497 e. The van der Waals surface area contributed by atoms with E-state index in [0.717, 1.165) is 5.56 Å². The van der Waals surface area contributed by atoms with Gasteiger partial charge in [0.05, 0.1) is 32.5 Å². The van der Waals surface area contributed by atoms with E-state index in [4.69, 9.17) is 9.47 Å². The molecule has 6 nitrogen and oxygen atoms in total. The molecule has 0 aliphatic carbocycles. The molecule has 0 spiro atoms. The Balaban J connectivity index is 1.83. The Labute approximate surface area is 164 Å². The highest BCUT2D eigenvalue weighted by Crippen LogP contribution is 2.32. The van der Waals surface area contributed by atoms with Crippen molar-refractivity contribution in [3.8, 4) is 5.75 Å². The molecule has 1 amide bonds. The third-order valence-electron chi connectivity index (χ3n) is 5.07. The van der Waals surface area contributed by atoms with Gasteiger partial charge in [0, 0.05) is 18.7 Å². The van der Waals surface area contributed by atoms with Crippen molar-refractivity contribution < 1.29 is 23.9 Å². The van der Waals surface area contributed by atoms with Gasteiger partial charge in [-0.2, -0.15) is 0 Å². The Hall–Kier alpha value is -3.15. The van der Waals surface area contributed by atoms with Crippen molar-refractivity contribution in [1.29, 1.82) is 0 Å². The van der Waals surface area contributed by atoms with Gasteiger partial charge in [0.25, 0.3) is 0 Å². The van der Waals surface area contributed by atoms with E-state index in [9.17, 15) is 14.4 Å². The van der Waals surface area contributed by atoms with Gasteiger partial charge in [-0.3, -0.25) is 14.4 Å². The van der Waals surface area contributed by atoms with Gasteiger partial charge in [-0.15, -0.1) is 0 Å². The quantitative estimate of drug-likeness (QED) is 0.545. The fraction of sp³-hybridized carbons (Fsp3) is 0.318. The minimum absolute atomic E-state index is 0.104. The smallest absolute Gasteiger partial charge is 0.306 e. The monoisotopic (exact) mass is 381 g/mol. The predicted molar refractivity (Wildman–Crippen MR) is 103 cm³/mol. The maximum absolute atomic E-state index is 13.1. The van der Waals surface area contributed by atoms with E-state index >= 15 is 0 Å². The lowest BCUT2D eigenvalue weighted by atomic mass is 9.86. The summed E-state index contributed by atoms with van der Waals surface area (Å²) in [5.41, 5.74) is 1.47. The number of likely N-dealkylation sites (tertiary alicyclic amines) is 1. The molecule has 1 heterocycles. The molecule has 0 aromatic heterocycles. The van der Waals surface area contributed by atoms with E-state index in [2.05, 4.69) is 0 Å². The van der Waals surface area contributed by atoms with E-state index < -0.39 is 17.8 Å². The first kappa shape index (κ1) is 19.6. The predicted octanol–water partition coefficient (Wildman–Crippen LogP) is 2.72. The first-order valence-electron chi connectivity index (χ1n) is 9.11. The van der Waals surface area contributed by atoms with Crippen molar-refractivity contribution >= 4 is 17.7 Å². The van der Waals surface area contributed by atoms with Crippen LogP contribution in [-0.4, -0.2) is 43.3 Å². The van der Waals surface area contributed by atoms with E-state index in [0.29, 0.717) is 17.9 Å². The summed E-state index contributed by atoms with van der Waals surface area (Å²) >= 11 is 0. The van der Waals surface area contributed by atoms with Crippen molar-refractivity contribution in [2.75, 3.05) is 20.8 Å². The maximum Gasteiger partial charge on any atom is 0.306 e. The van der Waals surface area contributed by atoms with Gasteiger partial charge in [-0.25, -0.2) is 0 Å². The fourth-order valence-electron chi connectivity index (χ4n) is 3.53. The second-order valence-corrected chi connectivity index (χ2v) is 6.79. The highest BCUT2D eigenvalue weighted by Gasteiger charge is 2.45. The van der Waals surface area contributed by atoms with Gasteiger partial charge in [0.1, 0.15) is 5.75 Å². The number of carbonyl (C=O) groups is 3. The number of amides is 1. The molecule has 0 saturated carbocycles. The summed E-state index contributed by atoms with van der Waals surface area (Å²) in [7, 11) is 2.84. The van der Waals surface area contributed by atoms with Crippen LogP contribution in [0.5, 0.6) is 5.75 Å². The molecule has 0 radical (unpaired) electrons. The van der Waals surface area contributed by atoms with E-state index in [1.54, 1.807) is 36.3 Å². The van der Waals surface area contributed by atoms with Crippen LogP contribution < -0.4 is 4.74 Å². The number of hydrogen-bond acceptors (Lipinski definition) is 5. The summed E-state index contributed by atoms with van der Waals surface area (Å²) < 4.78 is 9.87. The number of benzene rings is 2. The number of rotatable bonds is 7. The van der Waals surface area contributed by atoms with Crippen LogP contribution in [0, 0.1) is 11.8 Å². The molecule has 0 bridgehead atoms. The molecule has 1 aliphatic rings. The van der Waals surface area contributed by atoms with Crippen LogP contribution in [0.25, 0.3) is 0 Å². The average Bonchev–Trinajstić information content (AvgIpc) is 3.03. The number of ketones is 1. The third kappa shape index (κ3) is 4.22. The second-order valence-electron chi connectivity index (χ2n) is 6.79. The maximum atomic E-state index is 13.1. The van der Waals surface area contributed by atoms with Crippen molar-refractivity contribution in [3.63, 3.8) is 0 Å². The lowest BCUT2D eigenvalue weighted by molar-refractivity contribution is -0.145. The highest BCUT2D eigenvalue weighted by molar-refractivity contribution is 6.03. The third-order valence-corrected chi connectivity index (χ3v) is 5.07. The number of nitrogens with zero attached hydrogens (tertiary/aromatic N) is 1. The summed E-state index contributed by atoms with van der Waals surface area (Å²) in [5.74, 6) is -1.50. The van der Waals surface area contributed by atoms with Crippen LogP contribution in [0.1, 0.15) is 22.3 Å². The van der Waals surface area contributed by atoms with E-state index in [-0.39, 0.29) is 24.7 Å². The topological polar surface area (TPSA) is 72.9 Å². The summed E-state index contributed by atoms with van der Waals surface area (Å²) in [5, 5.41) is 0. The Bertz CT molecular complexity index is 847. The fourth-order valence-corrected chi connectivity index (χ4v) is 3.53. The molecule has 2 atom stereocenters. The number of methoxy groups -OCH3 is 2. The van der Waals surface area contributed by atoms with E-state index in [1.165, 1.54) is 7.11 Å². The Kier molecular flexibility index (Phi) is 6.09. The SMILES string of the molecule is COC(=O)C[C@@H]1C(=O)N(Cc2ccccc2)C[C@H]1C(=O)c1ccc(OC)cc1. The molecule has 146 valence electrons. The van der Waals surface area contributed by atoms with Crippen LogP contribution in [0.3, 0.4) is 0 Å². The summed E-state index contributed by atoms with van der Waals surface area (Å²) in [4.78, 5) is 39.5. The number of carbonyl (C=O) groups excluding carboxylic acids is 3. The van der Waals surface area contributed by atoms with Crippen LogP contribution in [-0.2, 0) is 20.9 Å². The van der Waals surface area contributed by atoms with Crippen molar-refractivity contribution in [1.82, 2.24) is 4.90 Å². The molecule has 6 heteroatoms. The van der Waals surface area contributed by atoms with Crippen LogP contribution in [0.2, 0.25) is 0 Å². The van der Waals surface area contributed by atoms with Gasteiger partial charge in [-0.1, -0.05) is 30.3 Å². The normalized spacial score (nSPS) is 18.8. The molecule has 0 unspecified atom stereocenters. The van der Waals surface area contributed by atoms with E-state index in [1.807, 2.05) is 30.3 Å². The standard InChI is InChI=1S/C22H23NO5/c1-27-17-10-8-16(9-11-17)21(25)19-14-23(13-15-6-4-3-5-7-15)22(26)18(19)12-20(24)28-2/h3-11,18-19H,12-14H2,1-2H3/t18-,19+/m0/s1. The molecule has 28 heavy (non-hydrogen) atoms. The first-order valence-corrected chi connectivity index (χ1v) is 9.11. The lowest BCUT2D eigenvalue weighted by Gasteiger charge is -2.16. The van der Waals surface area contributed by atoms with Gasteiger partial charge < -0.3 is 14.4 Å². The minimum Gasteiger partial charge on any atom is -0.497 e. The molecular formula is C22H23NO5. The van der Waals surface area contributed by atoms with Crippen LogP contribution >= 0.6 is 0 Å². The van der Waals surface area contributed by atoms with Gasteiger partial charge in [-0.05, 0) is 29.8 Å². The van der Waals surface area contributed by atoms with Gasteiger partial charge in [0.15, 0.2) is 5.78 Å². The minimum atomic E-state index is -0.717. The van der Waals surface area contributed by atoms with Crippen molar-refractivity contribution in [2.45, 2.75) is 13.0 Å². The summed E-state index contributed by atoms with van der Waals surface area (Å²) in [6, 6.07) is 16.4. The number of ether oxygens (including phenoxy) is 2. The van der Waals surface area contributed by atoms with Crippen molar-refractivity contribution in [3.05, 3.63) is 65.7 Å². The molecule has 3 rings (SSSR count). The molecule has 0 N–H and O–H groups in total. The van der Waals surface area contributed by atoms with Crippen LogP contribution in [0.15, 0.2) is 54.6 Å². The number of hydrogen-bond donors (Lipinski definition) is 0. The van der Waals surface area contributed by atoms with Crippen molar-refractivity contribution in [2.24, 2.45) is 11.8 Å². The van der Waals surface area contributed by atoms with Gasteiger partial charge >= 0.3 is 5.97 Å². The Morgan fingerprint density at radius 3 is 2.32 bits per heavy atom. The summed E-state index contributed by atoms with van der Waals surface area (Å²) in [6.07, 6.45) is -0.104. The Morgan fingerprint density at radius 1 is 1.04 bits per heavy atom. The zero-order chi connectivity index (χ0) is 20.1. The molecule has 2 aromatic carbocycles. The van der Waals surface area contributed by atoms with Crippen LogP contribution in [0.4, 0.5) is 0 Å². The molecule has 1 fully saturated rings. The second kappa shape index (κ2) is 8.69. The molecular weight excluding hydrogens is 358 g/mol. The first-order chi connectivity index (χ1) is 13.5. The Morgan fingerprint density at radius 2 is 1.71 bits per heavy atom. The summed E-state index contributed by atoms with van der Waals surface area (Å²) in [6.45, 7) is 0.685. The van der Waals surface area contributed by atoms with Gasteiger partial charge in [0.2, 0.25) is 5.91 Å². The number of esters is 1. The number of Topliss-reactive ketones (excluding diaryl/α,β-unsaturated/α-hetero) is 1. The highest BCUT2D eigenvalue weighted by atomic mass is 16.5. The molecule has 1 aliphatic heterocycles. The zero-order valence-electron chi connectivity index (χ0n) is 16.0. The zero-order valence-corrected chi connectivity index (χ0v) is 16.0. The molecule has 1 saturated heterocycles. The molecule has 2 aromatic rings. The average molecular weight is 381 g/mol.